The van der Waals surface area contributed by atoms with Crippen LogP contribution in [0.3, 0.4) is 0 Å². The van der Waals surface area contributed by atoms with E-state index in [0.29, 0.717) is 20.2 Å². The summed E-state index contributed by atoms with van der Waals surface area (Å²) in [5.74, 6) is 0. The first-order valence-electron chi connectivity index (χ1n) is 21.8. The molecule has 0 aromatic rings. The molecule has 0 unspecified atom stereocenters. The van der Waals surface area contributed by atoms with Crippen molar-refractivity contribution < 1.29 is 0 Å². The van der Waals surface area contributed by atoms with E-state index in [0.717, 1.165) is 0 Å². The van der Waals surface area contributed by atoms with Crippen LogP contribution in [0.2, 0.25) is 164 Å². The van der Waals surface area contributed by atoms with Crippen LogP contribution in [-0.2, 0) is 0 Å². The Kier molecular flexibility index (Phi) is 12.1. The van der Waals surface area contributed by atoms with Gasteiger partial charge in [0.1, 0.15) is 0 Å². The van der Waals surface area contributed by atoms with E-state index < -0.39 is 98.6 Å². The molecule has 2 saturated heterocycles. The summed E-state index contributed by atoms with van der Waals surface area (Å²) in [5.41, 5.74) is 0. The van der Waals surface area contributed by atoms with Gasteiger partial charge in [-0.3, -0.25) is 0 Å². The Labute approximate surface area is 342 Å². The average Bonchev–Trinajstić information content (AvgIpc) is 3.36. The molecular formula is C38H102Si14. The first-order chi connectivity index (χ1) is 21.8. The maximum absolute atomic E-state index is 3.34. The van der Waals surface area contributed by atoms with E-state index in [9.17, 15) is 0 Å². The van der Waals surface area contributed by atoms with Crippen LogP contribution in [0.1, 0.15) is 83.1 Å². The lowest BCUT2D eigenvalue weighted by atomic mass is 10.2. The Morgan fingerprint density at radius 2 is 0.385 bits per heavy atom. The fraction of sp³-hybridized carbons (Fsp3) is 1.00. The van der Waals surface area contributed by atoms with Crippen LogP contribution >= 0.6 is 0 Å². The van der Waals surface area contributed by atoms with Gasteiger partial charge in [-0.1, -0.05) is 227 Å². The van der Waals surface area contributed by atoms with Crippen molar-refractivity contribution in [2.45, 2.75) is 247 Å². The molecular weight excluding hydrogens is 850 g/mol. The molecule has 0 radical (unpaired) electrons. The lowest BCUT2D eigenvalue weighted by molar-refractivity contribution is 0.724. The third-order valence-corrected chi connectivity index (χ3v) is 541. The molecule has 0 amide bonds. The Balaban J connectivity index is 4.34. The Morgan fingerprint density at radius 3 is 0.481 bits per heavy atom. The van der Waals surface area contributed by atoms with Crippen LogP contribution in [0.4, 0.5) is 0 Å². The molecule has 0 saturated carbocycles. The highest BCUT2D eigenvalue weighted by atomic mass is 31.0. The van der Waals surface area contributed by atoms with Crippen molar-refractivity contribution in [2.24, 2.45) is 0 Å². The third kappa shape index (κ3) is 4.85. The summed E-state index contributed by atoms with van der Waals surface area (Å²) >= 11 is 0. The van der Waals surface area contributed by atoms with Gasteiger partial charge in [-0.05, 0) is 20.2 Å². The predicted octanol–water partition coefficient (Wildman–Crippen LogP) is 14.5. The molecule has 2 aliphatic heterocycles. The molecule has 0 aromatic heterocycles. The fourth-order valence-corrected chi connectivity index (χ4v) is 1420. The Bertz CT molecular complexity index is 1210. The zero-order valence-electron chi connectivity index (χ0n) is 43.0. The van der Waals surface area contributed by atoms with Crippen molar-refractivity contribution in [1.29, 1.82) is 0 Å². The highest BCUT2D eigenvalue weighted by Crippen LogP contribution is 2.86. The van der Waals surface area contributed by atoms with Gasteiger partial charge in [0.25, 0.3) is 0 Å². The van der Waals surface area contributed by atoms with Crippen molar-refractivity contribution in [3.8, 4) is 0 Å². The summed E-state index contributed by atoms with van der Waals surface area (Å²) in [6, 6.07) is 0. The topological polar surface area (TPSA) is 0 Å². The second kappa shape index (κ2) is 12.3. The van der Waals surface area contributed by atoms with Gasteiger partial charge >= 0.3 is 0 Å². The number of rotatable bonds is 8. The van der Waals surface area contributed by atoms with Crippen LogP contribution < -0.4 is 0 Å². The first-order valence-corrected chi connectivity index (χ1v) is 75.8. The van der Waals surface area contributed by atoms with Crippen LogP contribution in [0, 0.1) is 0 Å². The monoisotopic (exact) mass is 950 g/mol. The summed E-state index contributed by atoms with van der Waals surface area (Å²) in [6.07, 6.45) is -9.19. The normalized spacial score (nSPS) is 24.1. The predicted molar refractivity (Wildman–Crippen MR) is 288 cm³/mol. The number of hydrogen-bond donors (Lipinski definition) is 0. The van der Waals surface area contributed by atoms with Gasteiger partial charge in [0.05, 0.1) is 0 Å². The van der Waals surface area contributed by atoms with Gasteiger partial charge in [-0.2, -0.15) is 0 Å². The van der Waals surface area contributed by atoms with Gasteiger partial charge in [0.2, 0.25) is 0 Å². The number of hydrogen-bond acceptors (Lipinski definition) is 0. The molecule has 0 aromatic carbocycles. The SMILES string of the molecule is CC(C)(C)[Si](C)(C)[Si]1([Si](C)(C)C(C)(C)C)[Si]([Si](C)(C)C(C)(C)C)([Si](C)(C)C(C)(C)C)[Si]12[Si]([Si](C)(C)C)([Si](C)(C)C)[Si](C)(C)[Si]2([Si](C)(C)C)[Si](C)(C)C. The van der Waals surface area contributed by atoms with Gasteiger partial charge in [0.15, 0.2) is 0 Å². The molecule has 0 aliphatic carbocycles. The van der Waals surface area contributed by atoms with Crippen molar-refractivity contribution in [3.05, 3.63) is 0 Å². The van der Waals surface area contributed by atoms with Crippen LogP contribution in [-0.4, -0.2) is 98.6 Å². The molecule has 310 valence electrons. The third-order valence-electron chi connectivity index (χ3n) is 20.4. The molecule has 0 atom stereocenters. The maximum atomic E-state index is 3.34. The molecule has 0 bridgehead atoms. The van der Waals surface area contributed by atoms with Crippen LogP contribution in [0.15, 0.2) is 0 Å². The molecule has 0 N–H and O–H groups in total. The van der Waals surface area contributed by atoms with Gasteiger partial charge in [-0.25, -0.2) is 0 Å². The standard InChI is InChI=1S/C38H102Si14/c1-35(2,3)43(25,26)50(44(27,28)36(4,5)6)51(45(29,30)37(7,8)9,46(31,32)38(10,11)12)52(50)48(39(13,14)15,40(16,17)18)47(33,34)49(52,41(19,20)21)42(22,23)24/h1-34H3. The second-order valence-electron chi connectivity index (χ2n) is 29.9. The highest BCUT2D eigenvalue weighted by molar-refractivity contribution is 8.78. The molecule has 52 heavy (non-hydrogen) atoms. The van der Waals surface area contributed by atoms with E-state index >= 15 is 0 Å². The molecule has 14 heteroatoms. The first kappa shape index (κ1) is 51.2. The van der Waals surface area contributed by atoms with E-state index in [1.807, 2.05) is 0 Å². The zero-order chi connectivity index (χ0) is 43.0. The fourth-order valence-electron chi connectivity index (χ4n) is 18.9. The minimum Gasteiger partial charge on any atom is -0.0743 e. The smallest absolute Gasteiger partial charge is 0.0382 e. The Morgan fingerprint density at radius 1 is 0.250 bits per heavy atom. The minimum atomic E-state index is -1.94. The zero-order valence-corrected chi connectivity index (χ0v) is 57.0. The molecule has 2 aliphatic rings. The maximum Gasteiger partial charge on any atom is 0.0382 e. The van der Waals surface area contributed by atoms with Gasteiger partial charge in [-0.15, -0.1) is 0 Å². The van der Waals surface area contributed by atoms with E-state index in [1.165, 1.54) is 0 Å². The summed E-state index contributed by atoms with van der Waals surface area (Å²) < 4.78 is 0. The largest absolute Gasteiger partial charge is 0.0743 e. The van der Waals surface area contributed by atoms with E-state index in [1.54, 1.807) is 0 Å². The molecule has 2 heterocycles. The quantitative estimate of drug-likeness (QED) is 0.213. The van der Waals surface area contributed by atoms with Crippen LogP contribution in [0.25, 0.3) is 0 Å². The summed E-state index contributed by atoms with van der Waals surface area (Å²) in [4.78, 5) is 0. The van der Waals surface area contributed by atoms with Crippen molar-refractivity contribution in [2.75, 3.05) is 0 Å². The second-order valence-corrected chi connectivity index (χ2v) is 210. The van der Waals surface area contributed by atoms with E-state index in [2.05, 4.69) is 227 Å². The van der Waals surface area contributed by atoms with E-state index in [-0.39, 0.29) is 0 Å². The van der Waals surface area contributed by atoms with Gasteiger partial charge in [0, 0.05) is 98.6 Å². The van der Waals surface area contributed by atoms with Crippen molar-refractivity contribution in [1.82, 2.24) is 0 Å². The van der Waals surface area contributed by atoms with Crippen molar-refractivity contribution in [3.63, 3.8) is 0 Å². The summed E-state index contributed by atoms with van der Waals surface area (Å²) in [5, 5.41) is 1.92. The molecule has 2 fully saturated rings. The highest BCUT2D eigenvalue weighted by Gasteiger charge is 3.17. The molecule has 2 rings (SSSR count). The summed E-state index contributed by atoms with van der Waals surface area (Å²) in [7, 11) is -15.4. The lowest BCUT2D eigenvalue weighted by Crippen LogP contribution is -3.22. The molecule has 1 spiro atoms. The van der Waals surface area contributed by atoms with E-state index in [4.69, 9.17) is 0 Å². The summed E-state index contributed by atoms with van der Waals surface area (Å²) in [6.45, 7) is 105. The lowest BCUT2D eigenvalue weighted by Gasteiger charge is -2.89. The minimum absolute atomic E-state index is 0.480. The molecule has 0 nitrogen and oxygen atoms in total. The Hall–Kier alpha value is 3.04. The van der Waals surface area contributed by atoms with Crippen molar-refractivity contribution >= 4 is 98.6 Å². The van der Waals surface area contributed by atoms with Crippen LogP contribution in [0.5, 0.6) is 0 Å². The average molecular weight is 952 g/mol. The van der Waals surface area contributed by atoms with Gasteiger partial charge < -0.3 is 0 Å².